The Morgan fingerprint density at radius 3 is 2.84 bits per heavy atom. The lowest BCUT2D eigenvalue weighted by molar-refractivity contribution is -0.149. The van der Waals surface area contributed by atoms with Crippen molar-refractivity contribution in [3.63, 3.8) is 0 Å². The fourth-order valence-electron chi connectivity index (χ4n) is 3.37. The van der Waals surface area contributed by atoms with Crippen LogP contribution >= 0.6 is 11.8 Å². The zero-order valence-corrected chi connectivity index (χ0v) is 12.2. The molecule has 0 aromatic carbocycles. The Morgan fingerprint density at radius 2 is 2.11 bits per heavy atom. The molecule has 3 saturated heterocycles. The molecule has 0 bridgehead atoms. The molecule has 19 heavy (non-hydrogen) atoms. The van der Waals surface area contributed by atoms with Crippen molar-refractivity contribution < 1.29 is 14.3 Å². The number of hydrogen-bond acceptors (Lipinski definition) is 5. The third-order valence-corrected chi connectivity index (χ3v) is 5.53. The number of ketones is 1. The Balaban J connectivity index is 1.62. The Bertz CT molecular complexity index is 319. The van der Waals surface area contributed by atoms with Crippen molar-refractivity contribution in [3.05, 3.63) is 0 Å². The number of carbonyl (C=O) groups is 1. The maximum atomic E-state index is 12.6. The van der Waals surface area contributed by atoms with Gasteiger partial charge < -0.3 is 14.8 Å². The molecule has 0 amide bonds. The van der Waals surface area contributed by atoms with Crippen LogP contribution in [0.25, 0.3) is 0 Å². The van der Waals surface area contributed by atoms with Crippen LogP contribution in [0.5, 0.6) is 0 Å². The number of rotatable bonds is 2. The molecule has 2 unspecified atom stereocenters. The van der Waals surface area contributed by atoms with Gasteiger partial charge in [-0.2, -0.15) is 11.8 Å². The molecular formula is C14H23NO3S. The highest BCUT2D eigenvalue weighted by Crippen LogP contribution is 2.40. The molecule has 2 atom stereocenters. The highest BCUT2D eigenvalue weighted by molar-refractivity contribution is 7.99. The summed E-state index contributed by atoms with van der Waals surface area (Å²) in [6, 6.07) is 0. The van der Waals surface area contributed by atoms with Crippen LogP contribution in [0.15, 0.2) is 0 Å². The average molecular weight is 285 g/mol. The van der Waals surface area contributed by atoms with Gasteiger partial charge in [0.1, 0.15) is 6.10 Å². The molecule has 0 aromatic heterocycles. The minimum atomic E-state index is -0.230. The van der Waals surface area contributed by atoms with Crippen molar-refractivity contribution in [1.29, 1.82) is 0 Å². The summed E-state index contributed by atoms with van der Waals surface area (Å²) in [7, 11) is 0. The number of nitrogens with one attached hydrogen (secondary N) is 1. The Labute approximate surface area is 119 Å². The lowest BCUT2D eigenvalue weighted by Crippen LogP contribution is -2.50. The molecule has 3 aliphatic rings. The highest BCUT2D eigenvalue weighted by atomic mass is 32.2. The van der Waals surface area contributed by atoms with E-state index >= 15 is 0 Å². The molecule has 1 spiro atoms. The second-order valence-electron chi connectivity index (χ2n) is 5.80. The lowest BCUT2D eigenvalue weighted by atomic mass is 9.79. The third-order valence-electron chi connectivity index (χ3n) is 4.54. The molecule has 1 N–H and O–H groups in total. The lowest BCUT2D eigenvalue weighted by Gasteiger charge is -2.43. The van der Waals surface area contributed by atoms with E-state index in [4.69, 9.17) is 9.47 Å². The first-order valence-electron chi connectivity index (χ1n) is 7.37. The summed E-state index contributed by atoms with van der Waals surface area (Å²) in [6.07, 6.45) is 3.75. The quantitative estimate of drug-likeness (QED) is 0.827. The number of thioether (sulfide) groups is 1. The van der Waals surface area contributed by atoms with Gasteiger partial charge in [-0.3, -0.25) is 4.79 Å². The average Bonchev–Trinajstić information content (AvgIpc) is 2.48. The highest BCUT2D eigenvalue weighted by Gasteiger charge is 2.42. The van der Waals surface area contributed by atoms with Crippen LogP contribution in [0, 0.1) is 5.92 Å². The molecule has 0 aromatic rings. The van der Waals surface area contributed by atoms with E-state index in [0.29, 0.717) is 18.9 Å². The third kappa shape index (κ3) is 3.15. The molecule has 0 saturated carbocycles. The van der Waals surface area contributed by atoms with Crippen LogP contribution in [0.2, 0.25) is 0 Å². The predicted octanol–water partition coefficient (Wildman–Crippen LogP) is 1.24. The van der Waals surface area contributed by atoms with Crippen LogP contribution in [-0.4, -0.2) is 55.3 Å². The molecule has 3 rings (SSSR count). The first-order valence-corrected chi connectivity index (χ1v) is 8.52. The largest absolute Gasteiger partial charge is 0.375 e. The van der Waals surface area contributed by atoms with E-state index in [1.807, 2.05) is 11.8 Å². The summed E-state index contributed by atoms with van der Waals surface area (Å²) >= 11 is 2.00. The fourth-order valence-corrected chi connectivity index (χ4v) is 4.61. The Hall–Kier alpha value is -0.100. The molecular weight excluding hydrogens is 262 g/mol. The number of ether oxygens (including phenoxy) is 2. The van der Waals surface area contributed by atoms with Gasteiger partial charge in [0.2, 0.25) is 0 Å². The van der Waals surface area contributed by atoms with Gasteiger partial charge in [0.25, 0.3) is 0 Å². The second kappa shape index (κ2) is 6.12. The van der Waals surface area contributed by atoms with Crippen molar-refractivity contribution in [3.8, 4) is 0 Å². The monoisotopic (exact) mass is 285 g/mol. The zero-order chi connectivity index (χ0) is 13.1. The summed E-state index contributed by atoms with van der Waals surface area (Å²) in [5.41, 5.74) is -0.00801. The van der Waals surface area contributed by atoms with E-state index in [-0.39, 0.29) is 17.6 Å². The van der Waals surface area contributed by atoms with Gasteiger partial charge in [-0.15, -0.1) is 0 Å². The number of Topliss-reactive ketones (excluding diaryl/α,β-unsaturated/α-hetero) is 1. The van der Waals surface area contributed by atoms with E-state index in [1.165, 1.54) is 11.5 Å². The van der Waals surface area contributed by atoms with Crippen LogP contribution < -0.4 is 5.32 Å². The number of carbonyl (C=O) groups excluding carboxylic acids is 1. The molecule has 3 fully saturated rings. The van der Waals surface area contributed by atoms with Crippen LogP contribution in [-0.2, 0) is 14.3 Å². The molecule has 0 radical (unpaired) electrons. The Morgan fingerprint density at radius 1 is 1.26 bits per heavy atom. The second-order valence-corrected chi connectivity index (χ2v) is 7.02. The molecule has 3 heterocycles. The fraction of sp³-hybridized carbons (Fsp3) is 0.929. The SMILES string of the molecule is O=C(C1CCOC2(CCSCC2)C1)C1CNCCO1. The van der Waals surface area contributed by atoms with Gasteiger partial charge in [0.15, 0.2) is 5.78 Å². The van der Waals surface area contributed by atoms with Crippen molar-refractivity contribution in [1.82, 2.24) is 5.32 Å². The summed E-state index contributed by atoms with van der Waals surface area (Å²) in [6.45, 7) is 2.93. The van der Waals surface area contributed by atoms with Gasteiger partial charge in [0.05, 0.1) is 12.2 Å². The van der Waals surface area contributed by atoms with Gasteiger partial charge in [-0.25, -0.2) is 0 Å². The minimum Gasteiger partial charge on any atom is -0.375 e. The predicted molar refractivity (Wildman–Crippen MR) is 75.6 cm³/mol. The normalized spacial score (nSPS) is 35.2. The van der Waals surface area contributed by atoms with Crippen molar-refractivity contribution >= 4 is 17.5 Å². The van der Waals surface area contributed by atoms with E-state index in [0.717, 1.165) is 38.8 Å². The van der Waals surface area contributed by atoms with Gasteiger partial charge in [-0.05, 0) is 37.2 Å². The van der Waals surface area contributed by atoms with E-state index < -0.39 is 0 Å². The summed E-state index contributed by atoms with van der Waals surface area (Å²) in [5.74, 6) is 2.78. The van der Waals surface area contributed by atoms with Gasteiger partial charge in [-0.1, -0.05) is 0 Å². The summed E-state index contributed by atoms with van der Waals surface area (Å²) < 4.78 is 11.7. The zero-order valence-electron chi connectivity index (χ0n) is 11.4. The van der Waals surface area contributed by atoms with Crippen molar-refractivity contribution in [2.45, 2.75) is 37.4 Å². The standard InChI is InChI=1S/C14H23NO3S/c16-13(12-10-15-4-6-17-12)11-1-5-18-14(9-11)2-7-19-8-3-14/h11-12,15H,1-10H2. The molecule has 3 aliphatic heterocycles. The molecule has 5 heteroatoms. The number of morpholine rings is 1. The molecule has 4 nitrogen and oxygen atoms in total. The minimum absolute atomic E-state index is 0.00801. The van der Waals surface area contributed by atoms with Crippen LogP contribution in [0.1, 0.15) is 25.7 Å². The van der Waals surface area contributed by atoms with E-state index in [2.05, 4.69) is 5.32 Å². The summed E-state index contributed by atoms with van der Waals surface area (Å²) in [4.78, 5) is 12.6. The van der Waals surface area contributed by atoms with E-state index in [9.17, 15) is 4.79 Å². The van der Waals surface area contributed by atoms with Crippen LogP contribution in [0.4, 0.5) is 0 Å². The summed E-state index contributed by atoms with van der Waals surface area (Å²) in [5, 5.41) is 3.25. The first kappa shape index (κ1) is 13.9. The van der Waals surface area contributed by atoms with Crippen molar-refractivity contribution in [2.24, 2.45) is 5.92 Å². The smallest absolute Gasteiger partial charge is 0.166 e. The molecule has 108 valence electrons. The van der Waals surface area contributed by atoms with Crippen molar-refractivity contribution in [2.75, 3.05) is 37.8 Å². The molecule has 0 aliphatic carbocycles. The topological polar surface area (TPSA) is 47.6 Å². The van der Waals surface area contributed by atoms with Gasteiger partial charge >= 0.3 is 0 Å². The first-order chi connectivity index (χ1) is 9.29. The van der Waals surface area contributed by atoms with Crippen LogP contribution in [0.3, 0.4) is 0 Å². The Kier molecular flexibility index (Phi) is 4.47. The maximum absolute atomic E-state index is 12.6. The number of hydrogen-bond donors (Lipinski definition) is 1. The van der Waals surface area contributed by atoms with Gasteiger partial charge in [0, 0.05) is 25.6 Å². The van der Waals surface area contributed by atoms with E-state index in [1.54, 1.807) is 0 Å². The maximum Gasteiger partial charge on any atom is 0.166 e.